The maximum Gasteiger partial charge on any atom is 0.160 e. The largest absolute Gasteiger partial charge is 0.490 e. The third-order valence-corrected chi connectivity index (χ3v) is 8.91. The summed E-state index contributed by atoms with van der Waals surface area (Å²) in [6, 6.07) is 29.2. The molecule has 0 radical (unpaired) electrons. The molecule has 4 aromatic rings. The van der Waals surface area contributed by atoms with Crippen LogP contribution in [-0.4, -0.2) is 60.1 Å². The van der Waals surface area contributed by atoms with E-state index < -0.39 is 6.10 Å². The average Bonchev–Trinajstić information content (AvgIpc) is 3.54. The molecular weight excluding hydrogens is 534 g/mol. The highest BCUT2D eigenvalue weighted by Crippen LogP contribution is 2.38. The molecule has 2 fully saturated rings. The van der Waals surface area contributed by atoms with Crippen molar-refractivity contribution in [3.63, 3.8) is 0 Å². The summed E-state index contributed by atoms with van der Waals surface area (Å²) >= 11 is 0. The summed E-state index contributed by atoms with van der Waals surface area (Å²) in [5.74, 6) is 2.10. The van der Waals surface area contributed by atoms with Crippen molar-refractivity contribution in [1.82, 2.24) is 10.1 Å². The smallest absolute Gasteiger partial charge is 0.160 e. The number of anilines is 1. The fourth-order valence-corrected chi connectivity index (χ4v) is 6.56. The van der Waals surface area contributed by atoms with Crippen LogP contribution in [0.1, 0.15) is 61.8 Å². The lowest BCUT2D eigenvalue weighted by Gasteiger charge is -2.43. The highest BCUT2D eigenvalue weighted by Gasteiger charge is 2.28. The first kappa shape index (κ1) is 29.2. The van der Waals surface area contributed by atoms with Gasteiger partial charge in [-0.05, 0) is 55.5 Å². The SMILES string of the molecule is CC1CN(c2ccccc2C2CCCCC2)CCN1CC(O)COc1ccccc1C=Cc1cc(-c2ccccc2)no1. The zero-order chi connectivity index (χ0) is 29.4. The van der Waals surface area contributed by atoms with Gasteiger partial charge in [-0.3, -0.25) is 4.90 Å². The molecule has 1 aliphatic heterocycles. The highest BCUT2D eigenvalue weighted by molar-refractivity contribution is 5.72. The average molecular weight is 578 g/mol. The number of rotatable bonds is 10. The second-order valence-corrected chi connectivity index (χ2v) is 12.0. The molecule has 6 nitrogen and oxygen atoms in total. The number of hydrogen-bond acceptors (Lipinski definition) is 6. The first-order valence-corrected chi connectivity index (χ1v) is 15.8. The van der Waals surface area contributed by atoms with Gasteiger partial charge < -0.3 is 19.3 Å². The first-order chi connectivity index (χ1) is 21.1. The quantitative estimate of drug-likeness (QED) is 0.210. The van der Waals surface area contributed by atoms with Crippen molar-refractivity contribution in [2.24, 2.45) is 0 Å². The Balaban J connectivity index is 1.02. The minimum atomic E-state index is -0.580. The van der Waals surface area contributed by atoms with Gasteiger partial charge in [-0.2, -0.15) is 0 Å². The van der Waals surface area contributed by atoms with E-state index in [0.717, 1.165) is 42.2 Å². The fraction of sp³-hybridized carbons (Fsp3) is 0.378. The van der Waals surface area contributed by atoms with Crippen molar-refractivity contribution < 1.29 is 14.4 Å². The van der Waals surface area contributed by atoms with E-state index in [1.165, 1.54) is 43.4 Å². The van der Waals surface area contributed by atoms with Gasteiger partial charge in [-0.1, -0.05) is 91.1 Å². The van der Waals surface area contributed by atoms with Gasteiger partial charge in [-0.15, -0.1) is 0 Å². The summed E-state index contributed by atoms with van der Waals surface area (Å²) in [4.78, 5) is 4.96. The summed E-state index contributed by atoms with van der Waals surface area (Å²) in [6.07, 6.45) is 9.97. The molecule has 43 heavy (non-hydrogen) atoms. The molecule has 2 atom stereocenters. The topological polar surface area (TPSA) is 62.0 Å². The van der Waals surface area contributed by atoms with Crippen molar-refractivity contribution in [2.75, 3.05) is 37.7 Å². The minimum absolute atomic E-state index is 0.239. The van der Waals surface area contributed by atoms with Crippen molar-refractivity contribution in [1.29, 1.82) is 0 Å². The number of ether oxygens (including phenoxy) is 1. The number of aromatic nitrogens is 1. The molecule has 1 saturated carbocycles. The van der Waals surface area contributed by atoms with Gasteiger partial charge in [0, 0.05) is 55.1 Å². The molecule has 1 saturated heterocycles. The Hall–Kier alpha value is -3.87. The molecule has 3 aromatic carbocycles. The van der Waals surface area contributed by atoms with E-state index in [1.807, 2.05) is 72.8 Å². The summed E-state index contributed by atoms with van der Waals surface area (Å²) in [5, 5.41) is 15.2. The van der Waals surface area contributed by atoms with Crippen molar-refractivity contribution >= 4 is 17.8 Å². The molecule has 0 spiro atoms. The van der Waals surface area contributed by atoms with E-state index >= 15 is 0 Å². The molecule has 1 N–H and O–H groups in total. The van der Waals surface area contributed by atoms with E-state index in [-0.39, 0.29) is 6.61 Å². The lowest BCUT2D eigenvalue weighted by atomic mass is 9.83. The van der Waals surface area contributed by atoms with Gasteiger partial charge in [0.2, 0.25) is 0 Å². The Morgan fingerprint density at radius 3 is 2.53 bits per heavy atom. The van der Waals surface area contributed by atoms with Crippen molar-refractivity contribution in [3.8, 4) is 17.0 Å². The van der Waals surface area contributed by atoms with Gasteiger partial charge in [0.05, 0.1) is 0 Å². The fourth-order valence-electron chi connectivity index (χ4n) is 6.56. The van der Waals surface area contributed by atoms with Crippen LogP contribution in [0, 0.1) is 0 Å². The number of aliphatic hydroxyl groups excluding tert-OH is 1. The van der Waals surface area contributed by atoms with Crippen LogP contribution >= 0.6 is 0 Å². The highest BCUT2D eigenvalue weighted by atomic mass is 16.5. The lowest BCUT2D eigenvalue weighted by Crippen LogP contribution is -2.54. The normalized spacial score (nSPS) is 19.1. The Labute approximate surface area is 255 Å². The Morgan fingerprint density at radius 2 is 1.70 bits per heavy atom. The molecular formula is C37H43N3O3. The molecule has 0 amide bonds. The van der Waals surface area contributed by atoms with Crippen LogP contribution in [0.5, 0.6) is 5.75 Å². The molecule has 224 valence electrons. The molecule has 2 aliphatic rings. The van der Waals surface area contributed by atoms with Gasteiger partial charge >= 0.3 is 0 Å². The van der Waals surface area contributed by atoms with Crippen LogP contribution in [0.25, 0.3) is 23.4 Å². The first-order valence-electron chi connectivity index (χ1n) is 15.8. The summed E-state index contributed by atoms with van der Waals surface area (Å²) in [7, 11) is 0. The van der Waals surface area contributed by atoms with E-state index in [1.54, 1.807) is 0 Å². The maximum atomic E-state index is 11.0. The van der Waals surface area contributed by atoms with E-state index in [2.05, 4.69) is 46.1 Å². The lowest BCUT2D eigenvalue weighted by molar-refractivity contribution is 0.0511. The number of nitrogens with zero attached hydrogens (tertiary/aromatic N) is 3. The summed E-state index contributed by atoms with van der Waals surface area (Å²) in [5.41, 5.74) is 5.69. The van der Waals surface area contributed by atoms with Crippen LogP contribution < -0.4 is 9.64 Å². The summed E-state index contributed by atoms with van der Waals surface area (Å²) < 4.78 is 11.6. The standard InChI is InChI=1S/C37H43N3O3/c1-28-25-40(36-18-10-9-17-34(36)29-12-4-2-5-13-29)23-22-39(28)26-32(41)27-42-37-19-11-8-16-31(37)20-21-33-24-35(38-43-33)30-14-6-3-7-15-30/h3,6-11,14-21,24,28-29,32,41H,2,4-5,12-13,22-23,25-27H2,1H3. The van der Waals surface area contributed by atoms with Gasteiger partial charge in [0.1, 0.15) is 24.2 Å². The molecule has 6 rings (SSSR count). The van der Waals surface area contributed by atoms with E-state index in [4.69, 9.17) is 9.26 Å². The van der Waals surface area contributed by atoms with Gasteiger partial charge in [0.25, 0.3) is 0 Å². The monoisotopic (exact) mass is 577 g/mol. The second-order valence-electron chi connectivity index (χ2n) is 12.0. The summed E-state index contributed by atoms with van der Waals surface area (Å²) in [6.45, 7) is 5.98. The molecule has 2 unspecified atom stereocenters. The maximum absolute atomic E-state index is 11.0. The number of β-amino-alcohol motifs (C(OH)–C–C–N with tert-alkyl or cyclic N) is 1. The van der Waals surface area contributed by atoms with Gasteiger partial charge in [-0.25, -0.2) is 0 Å². The molecule has 1 aromatic heterocycles. The van der Waals surface area contributed by atoms with Crippen LogP contribution in [0.3, 0.4) is 0 Å². The van der Waals surface area contributed by atoms with E-state index in [0.29, 0.717) is 24.3 Å². The predicted molar refractivity (Wildman–Crippen MR) is 174 cm³/mol. The van der Waals surface area contributed by atoms with Crippen LogP contribution in [-0.2, 0) is 0 Å². The zero-order valence-electron chi connectivity index (χ0n) is 25.1. The van der Waals surface area contributed by atoms with Crippen molar-refractivity contribution in [3.05, 3.63) is 102 Å². The molecule has 6 heteroatoms. The Morgan fingerprint density at radius 1 is 0.930 bits per heavy atom. The van der Waals surface area contributed by atoms with Crippen LogP contribution in [0.2, 0.25) is 0 Å². The van der Waals surface area contributed by atoms with Crippen LogP contribution in [0.15, 0.2) is 89.5 Å². The van der Waals surface area contributed by atoms with Crippen LogP contribution in [0.4, 0.5) is 5.69 Å². The van der Waals surface area contributed by atoms with Gasteiger partial charge in [0.15, 0.2) is 5.76 Å². The molecule has 2 heterocycles. The zero-order valence-corrected chi connectivity index (χ0v) is 25.1. The third-order valence-electron chi connectivity index (χ3n) is 8.91. The predicted octanol–water partition coefficient (Wildman–Crippen LogP) is 7.51. The number of piperazine rings is 1. The third kappa shape index (κ3) is 7.38. The second kappa shape index (κ2) is 14.1. The van der Waals surface area contributed by atoms with Crippen molar-refractivity contribution in [2.45, 2.75) is 57.1 Å². The Bertz CT molecular complexity index is 1480. The minimum Gasteiger partial charge on any atom is -0.490 e. The number of para-hydroxylation sites is 2. The van der Waals surface area contributed by atoms with E-state index in [9.17, 15) is 5.11 Å². The molecule has 1 aliphatic carbocycles. The Kier molecular flexibility index (Phi) is 9.56. The molecule has 0 bridgehead atoms. The number of benzene rings is 3. The number of aliphatic hydroxyl groups is 1. The number of hydrogen-bond donors (Lipinski definition) is 1.